The minimum Gasteiger partial charge on any atom is -0.388 e. The number of aryl methyl sites for hydroxylation is 1. The minimum atomic E-state index is -0.348. The van der Waals surface area contributed by atoms with Gasteiger partial charge in [0.25, 0.3) is 0 Å². The fourth-order valence-electron chi connectivity index (χ4n) is 5.88. The van der Waals surface area contributed by atoms with Crippen LogP contribution in [0.1, 0.15) is 62.2 Å². The molecule has 1 aromatic carbocycles. The molecule has 4 saturated carbocycles. The molecule has 2 heteroatoms. The Hall–Kier alpha value is -0.530. The van der Waals surface area contributed by atoms with Crippen LogP contribution < -0.4 is 0 Å². The first kappa shape index (κ1) is 14.1. The predicted molar refractivity (Wildman–Crippen MR) is 86.4 cm³/mol. The summed E-state index contributed by atoms with van der Waals surface area (Å²) in [4.78, 5) is 0. The molecule has 114 valence electrons. The average molecular weight is 305 g/mol. The van der Waals surface area contributed by atoms with Gasteiger partial charge in [-0.1, -0.05) is 23.7 Å². The SMILES string of the molecule is Cc1ccc(C(O)CC23CC4CC(CC(C4)C2)C3)cc1Cl. The highest BCUT2D eigenvalue weighted by Gasteiger charge is 2.51. The summed E-state index contributed by atoms with van der Waals surface area (Å²) in [5.74, 6) is 2.85. The van der Waals surface area contributed by atoms with Crippen molar-refractivity contribution in [3.05, 3.63) is 34.3 Å². The molecule has 0 amide bonds. The topological polar surface area (TPSA) is 20.2 Å². The smallest absolute Gasteiger partial charge is 0.0795 e. The highest BCUT2D eigenvalue weighted by atomic mass is 35.5. The number of rotatable bonds is 3. The van der Waals surface area contributed by atoms with E-state index in [4.69, 9.17) is 11.6 Å². The normalized spacial score (nSPS) is 38.7. The van der Waals surface area contributed by atoms with E-state index in [9.17, 15) is 5.11 Å². The molecule has 1 atom stereocenters. The molecule has 1 nitrogen and oxygen atoms in total. The van der Waals surface area contributed by atoms with E-state index in [1.54, 1.807) is 0 Å². The molecule has 5 rings (SSSR count). The zero-order valence-corrected chi connectivity index (χ0v) is 13.6. The summed E-state index contributed by atoms with van der Waals surface area (Å²) in [5, 5.41) is 11.5. The fraction of sp³-hybridized carbons (Fsp3) is 0.684. The number of benzene rings is 1. The summed E-state index contributed by atoms with van der Waals surface area (Å²) in [6, 6.07) is 6.04. The van der Waals surface area contributed by atoms with E-state index >= 15 is 0 Å². The van der Waals surface area contributed by atoms with Gasteiger partial charge in [-0.15, -0.1) is 0 Å². The second-order valence-corrected chi connectivity index (χ2v) is 8.55. The van der Waals surface area contributed by atoms with Crippen LogP contribution in [-0.4, -0.2) is 5.11 Å². The number of aliphatic hydroxyl groups is 1. The highest BCUT2D eigenvalue weighted by molar-refractivity contribution is 6.31. The van der Waals surface area contributed by atoms with E-state index in [0.717, 1.165) is 40.3 Å². The zero-order valence-electron chi connectivity index (χ0n) is 12.8. The van der Waals surface area contributed by atoms with Gasteiger partial charge in [0.2, 0.25) is 0 Å². The summed E-state index contributed by atoms with van der Waals surface area (Å²) >= 11 is 6.22. The molecule has 1 N–H and O–H groups in total. The Morgan fingerprint density at radius 1 is 1.14 bits per heavy atom. The largest absolute Gasteiger partial charge is 0.388 e. The quantitative estimate of drug-likeness (QED) is 0.804. The lowest BCUT2D eigenvalue weighted by Crippen LogP contribution is -2.46. The van der Waals surface area contributed by atoms with Crippen molar-refractivity contribution in [3.63, 3.8) is 0 Å². The van der Waals surface area contributed by atoms with Crippen molar-refractivity contribution in [2.75, 3.05) is 0 Å². The molecule has 0 heterocycles. The van der Waals surface area contributed by atoms with Gasteiger partial charge >= 0.3 is 0 Å². The van der Waals surface area contributed by atoms with E-state index in [0.29, 0.717) is 5.41 Å². The average Bonchev–Trinajstić information content (AvgIpc) is 2.39. The standard InChI is InChI=1S/C19H25ClO/c1-12-2-3-16(7-17(12)20)18(21)11-19-8-13-4-14(9-19)6-15(5-13)10-19/h2-3,7,13-15,18,21H,4-6,8-11H2,1H3. The highest BCUT2D eigenvalue weighted by Crippen LogP contribution is 2.62. The monoisotopic (exact) mass is 304 g/mol. The maximum atomic E-state index is 10.7. The van der Waals surface area contributed by atoms with Gasteiger partial charge in [-0.05, 0) is 92.2 Å². The lowest BCUT2D eigenvalue weighted by molar-refractivity contribution is -0.0764. The van der Waals surface area contributed by atoms with Crippen molar-refractivity contribution in [1.82, 2.24) is 0 Å². The van der Waals surface area contributed by atoms with Gasteiger partial charge < -0.3 is 5.11 Å². The van der Waals surface area contributed by atoms with Gasteiger partial charge in [0, 0.05) is 5.02 Å². The van der Waals surface area contributed by atoms with Gasteiger partial charge in [-0.25, -0.2) is 0 Å². The Morgan fingerprint density at radius 2 is 1.71 bits per heavy atom. The van der Waals surface area contributed by atoms with Crippen LogP contribution in [0, 0.1) is 30.1 Å². The van der Waals surface area contributed by atoms with Crippen LogP contribution in [0.4, 0.5) is 0 Å². The molecule has 1 unspecified atom stereocenters. The summed E-state index contributed by atoms with van der Waals surface area (Å²) in [6.07, 6.45) is 9.05. The molecule has 4 fully saturated rings. The van der Waals surface area contributed by atoms with E-state index in [-0.39, 0.29) is 6.10 Å². The minimum absolute atomic E-state index is 0.348. The van der Waals surface area contributed by atoms with Crippen molar-refractivity contribution >= 4 is 11.6 Å². The lowest BCUT2D eigenvalue weighted by Gasteiger charge is -2.57. The van der Waals surface area contributed by atoms with Gasteiger partial charge in [0.05, 0.1) is 6.10 Å². The van der Waals surface area contributed by atoms with Gasteiger partial charge in [-0.3, -0.25) is 0 Å². The van der Waals surface area contributed by atoms with Crippen LogP contribution in [0.25, 0.3) is 0 Å². The third-order valence-corrected chi connectivity index (χ3v) is 6.78. The number of hydrogen-bond acceptors (Lipinski definition) is 1. The Morgan fingerprint density at radius 3 is 2.24 bits per heavy atom. The summed E-state index contributed by atoms with van der Waals surface area (Å²) < 4.78 is 0. The van der Waals surface area contributed by atoms with E-state index in [1.165, 1.54) is 38.5 Å². The Kier molecular flexibility index (Phi) is 3.35. The molecule has 0 radical (unpaired) electrons. The Bertz CT molecular complexity index is 515. The second-order valence-electron chi connectivity index (χ2n) is 8.15. The van der Waals surface area contributed by atoms with Crippen LogP contribution in [0.5, 0.6) is 0 Å². The maximum Gasteiger partial charge on any atom is 0.0795 e. The second kappa shape index (κ2) is 4.99. The third kappa shape index (κ3) is 2.53. The number of aliphatic hydroxyl groups excluding tert-OH is 1. The molecular weight excluding hydrogens is 280 g/mol. The summed E-state index contributed by atoms with van der Waals surface area (Å²) in [6.45, 7) is 2.01. The molecule has 4 bridgehead atoms. The first-order chi connectivity index (χ1) is 10.0. The predicted octanol–water partition coefficient (Wildman–Crippen LogP) is 5.29. The molecule has 0 aromatic heterocycles. The van der Waals surface area contributed by atoms with Crippen molar-refractivity contribution in [2.24, 2.45) is 23.2 Å². The first-order valence-corrected chi connectivity index (χ1v) is 8.85. The fourth-order valence-corrected chi connectivity index (χ4v) is 6.07. The van der Waals surface area contributed by atoms with Crippen molar-refractivity contribution in [1.29, 1.82) is 0 Å². The molecule has 0 spiro atoms. The molecule has 4 aliphatic rings. The zero-order chi connectivity index (χ0) is 14.6. The number of halogens is 1. The molecule has 0 saturated heterocycles. The Balaban J connectivity index is 1.53. The summed E-state index contributed by atoms with van der Waals surface area (Å²) in [5.41, 5.74) is 2.51. The van der Waals surface area contributed by atoms with Crippen LogP contribution in [0.2, 0.25) is 5.02 Å². The summed E-state index contributed by atoms with van der Waals surface area (Å²) in [7, 11) is 0. The Labute approximate surface area is 132 Å². The van der Waals surface area contributed by atoms with Gasteiger partial charge in [-0.2, -0.15) is 0 Å². The van der Waals surface area contributed by atoms with Gasteiger partial charge in [0.1, 0.15) is 0 Å². The molecule has 0 aliphatic heterocycles. The van der Waals surface area contributed by atoms with Crippen LogP contribution in [0.3, 0.4) is 0 Å². The molecule has 21 heavy (non-hydrogen) atoms. The molecular formula is C19H25ClO. The molecule has 4 aliphatic carbocycles. The van der Waals surface area contributed by atoms with E-state index in [1.807, 2.05) is 25.1 Å². The van der Waals surface area contributed by atoms with Crippen molar-refractivity contribution in [2.45, 2.75) is 58.0 Å². The molecule has 1 aromatic rings. The van der Waals surface area contributed by atoms with Crippen LogP contribution >= 0.6 is 11.6 Å². The van der Waals surface area contributed by atoms with E-state index in [2.05, 4.69) is 0 Å². The van der Waals surface area contributed by atoms with Gasteiger partial charge in [0.15, 0.2) is 0 Å². The number of hydrogen-bond donors (Lipinski definition) is 1. The van der Waals surface area contributed by atoms with Crippen LogP contribution in [-0.2, 0) is 0 Å². The maximum absolute atomic E-state index is 10.7. The lowest BCUT2D eigenvalue weighted by atomic mass is 9.48. The van der Waals surface area contributed by atoms with E-state index < -0.39 is 0 Å². The van der Waals surface area contributed by atoms with Crippen molar-refractivity contribution < 1.29 is 5.11 Å². The van der Waals surface area contributed by atoms with Crippen LogP contribution in [0.15, 0.2) is 18.2 Å². The third-order valence-electron chi connectivity index (χ3n) is 6.37. The van der Waals surface area contributed by atoms with Crippen molar-refractivity contribution in [3.8, 4) is 0 Å². The first-order valence-electron chi connectivity index (χ1n) is 8.47.